The fourth-order valence-corrected chi connectivity index (χ4v) is 2.65. The van der Waals surface area contributed by atoms with E-state index >= 15 is 0 Å². The van der Waals surface area contributed by atoms with E-state index < -0.39 is 5.97 Å². The number of rotatable bonds is 5. The van der Waals surface area contributed by atoms with Gasteiger partial charge in [0.25, 0.3) is 0 Å². The number of hydrogen-bond donors (Lipinski definition) is 0. The average molecular weight is 367 g/mol. The van der Waals surface area contributed by atoms with Crippen molar-refractivity contribution in [1.29, 1.82) is 5.26 Å². The molecule has 2 aromatic rings. The highest BCUT2D eigenvalue weighted by molar-refractivity contribution is 5.94. The van der Waals surface area contributed by atoms with Gasteiger partial charge in [0.1, 0.15) is 17.3 Å². The Bertz CT molecular complexity index is 894. The lowest BCUT2D eigenvalue weighted by Gasteiger charge is -2.19. The number of carbonyl (C=O) groups is 1. The topological polar surface area (TPSA) is 77.1 Å². The molecule has 1 aromatic carbocycles. The molecule has 142 valence electrons. The molecule has 0 saturated carbocycles. The minimum atomic E-state index is -0.455. The first-order chi connectivity index (χ1) is 12.6. The third-order valence-corrected chi connectivity index (χ3v) is 4.08. The Morgan fingerprint density at radius 1 is 1.22 bits per heavy atom. The second-order valence-electron chi connectivity index (χ2n) is 7.34. The van der Waals surface area contributed by atoms with Crippen molar-refractivity contribution in [2.24, 2.45) is 7.05 Å². The molecule has 0 atom stereocenters. The minimum absolute atomic E-state index is 0.0167. The SMILES string of the molecule is CC(=O)OCO/C(=C(/C#N)c1ccc(C(C)(C)C)cc1)c1cc(C)nn1C. The molecule has 0 bridgehead atoms. The fraction of sp³-hybridized carbons (Fsp3) is 0.381. The number of aromatic nitrogens is 2. The Balaban J connectivity index is 2.53. The number of aryl methyl sites for hydroxylation is 2. The van der Waals surface area contributed by atoms with Crippen LogP contribution in [0.15, 0.2) is 30.3 Å². The van der Waals surface area contributed by atoms with E-state index in [1.54, 1.807) is 11.7 Å². The van der Waals surface area contributed by atoms with Crippen molar-refractivity contribution < 1.29 is 14.3 Å². The summed E-state index contributed by atoms with van der Waals surface area (Å²) in [6, 6.07) is 11.9. The predicted molar refractivity (Wildman–Crippen MR) is 103 cm³/mol. The molecule has 0 aliphatic carbocycles. The molecule has 0 radical (unpaired) electrons. The van der Waals surface area contributed by atoms with Crippen LogP contribution < -0.4 is 0 Å². The van der Waals surface area contributed by atoms with Gasteiger partial charge in [-0.05, 0) is 29.5 Å². The van der Waals surface area contributed by atoms with Crippen molar-refractivity contribution in [3.05, 3.63) is 52.8 Å². The third-order valence-electron chi connectivity index (χ3n) is 4.08. The van der Waals surface area contributed by atoms with E-state index in [1.165, 1.54) is 12.5 Å². The van der Waals surface area contributed by atoms with E-state index in [1.807, 2.05) is 37.3 Å². The fourth-order valence-electron chi connectivity index (χ4n) is 2.65. The standard InChI is InChI=1S/C21H25N3O3/c1-14-11-19(24(6)23-14)20(27-13-26-15(2)25)18(12-22)16-7-9-17(10-8-16)21(3,4)5/h7-11H,13H2,1-6H3/b20-18-. The van der Waals surface area contributed by atoms with Gasteiger partial charge in [0.15, 0.2) is 5.76 Å². The first-order valence-electron chi connectivity index (χ1n) is 8.66. The number of benzene rings is 1. The summed E-state index contributed by atoms with van der Waals surface area (Å²) in [5.74, 6) is -0.131. The second kappa shape index (κ2) is 8.09. The van der Waals surface area contributed by atoms with Crippen LogP contribution in [-0.2, 0) is 26.7 Å². The van der Waals surface area contributed by atoms with E-state index in [4.69, 9.17) is 9.47 Å². The highest BCUT2D eigenvalue weighted by Gasteiger charge is 2.19. The van der Waals surface area contributed by atoms with Gasteiger partial charge in [-0.15, -0.1) is 0 Å². The number of allylic oxidation sites excluding steroid dienone is 1. The maximum Gasteiger partial charge on any atom is 0.305 e. The van der Waals surface area contributed by atoms with Gasteiger partial charge in [0, 0.05) is 14.0 Å². The van der Waals surface area contributed by atoms with Crippen molar-refractivity contribution in [3.8, 4) is 6.07 Å². The summed E-state index contributed by atoms with van der Waals surface area (Å²) in [4.78, 5) is 11.1. The Morgan fingerprint density at radius 3 is 2.30 bits per heavy atom. The van der Waals surface area contributed by atoms with Gasteiger partial charge >= 0.3 is 5.97 Å². The van der Waals surface area contributed by atoms with Crippen LogP contribution in [0.5, 0.6) is 0 Å². The quantitative estimate of drug-likeness (QED) is 0.346. The van der Waals surface area contributed by atoms with Crippen LogP contribution in [-0.4, -0.2) is 22.5 Å². The number of esters is 1. The summed E-state index contributed by atoms with van der Waals surface area (Å²) in [6.45, 7) is 9.29. The molecular formula is C21H25N3O3. The van der Waals surface area contributed by atoms with Crippen molar-refractivity contribution in [2.75, 3.05) is 6.79 Å². The normalized spacial score (nSPS) is 12.2. The summed E-state index contributed by atoms with van der Waals surface area (Å²) in [5, 5.41) is 14.1. The molecular weight excluding hydrogens is 342 g/mol. The molecule has 0 saturated heterocycles. The van der Waals surface area contributed by atoms with Crippen LogP contribution in [0.25, 0.3) is 11.3 Å². The van der Waals surface area contributed by atoms with E-state index in [0.717, 1.165) is 11.3 Å². The Hall–Kier alpha value is -3.07. The molecule has 27 heavy (non-hydrogen) atoms. The summed E-state index contributed by atoms with van der Waals surface area (Å²) in [6.07, 6.45) is 0. The summed E-state index contributed by atoms with van der Waals surface area (Å²) in [7, 11) is 1.77. The molecule has 1 aromatic heterocycles. The van der Waals surface area contributed by atoms with Crippen LogP contribution >= 0.6 is 0 Å². The summed E-state index contributed by atoms with van der Waals surface area (Å²) >= 11 is 0. The van der Waals surface area contributed by atoms with Gasteiger partial charge in [-0.1, -0.05) is 45.0 Å². The average Bonchev–Trinajstić information content (AvgIpc) is 2.91. The highest BCUT2D eigenvalue weighted by Crippen LogP contribution is 2.29. The molecule has 0 spiro atoms. The summed E-state index contributed by atoms with van der Waals surface area (Å²) in [5.41, 5.74) is 3.69. The summed E-state index contributed by atoms with van der Waals surface area (Å²) < 4.78 is 12.2. The number of nitriles is 1. The van der Waals surface area contributed by atoms with E-state index in [0.29, 0.717) is 17.0 Å². The molecule has 0 N–H and O–H groups in total. The first kappa shape index (κ1) is 20.2. The lowest BCUT2D eigenvalue weighted by molar-refractivity contribution is -0.148. The van der Waals surface area contributed by atoms with Gasteiger partial charge in [-0.2, -0.15) is 10.4 Å². The Labute approximate surface area is 160 Å². The van der Waals surface area contributed by atoms with Crippen molar-refractivity contribution in [3.63, 3.8) is 0 Å². The minimum Gasteiger partial charge on any atom is -0.454 e. The molecule has 0 fully saturated rings. The Morgan fingerprint density at radius 2 is 1.85 bits per heavy atom. The van der Waals surface area contributed by atoms with Crippen LogP contribution in [0.3, 0.4) is 0 Å². The van der Waals surface area contributed by atoms with E-state index in [2.05, 4.69) is 31.9 Å². The van der Waals surface area contributed by atoms with Crippen LogP contribution in [0.1, 0.15) is 50.2 Å². The Kier molecular flexibility index (Phi) is 6.06. The molecule has 0 unspecified atom stereocenters. The zero-order valence-corrected chi connectivity index (χ0v) is 16.7. The van der Waals surface area contributed by atoms with Crippen LogP contribution in [0.4, 0.5) is 0 Å². The molecule has 6 heteroatoms. The number of hydrogen-bond acceptors (Lipinski definition) is 5. The largest absolute Gasteiger partial charge is 0.454 e. The van der Waals surface area contributed by atoms with Gasteiger partial charge in [-0.3, -0.25) is 9.48 Å². The van der Waals surface area contributed by atoms with Gasteiger partial charge in [0.2, 0.25) is 6.79 Å². The first-order valence-corrected chi connectivity index (χ1v) is 8.66. The molecule has 1 heterocycles. The van der Waals surface area contributed by atoms with Crippen LogP contribution in [0.2, 0.25) is 0 Å². The van der Waals surface area contributed by atoms with Gasteiger partial charge < -0.3 is 9.47 Å². The van der Waals surface area contributed by atoms with Crippen molar-refractivity contribution in [1.82, 2.24) is 9.78 Å². The number of carbonyl (C=O) groups excluding carboxylic acids is 1. The highest BCUT2D eigenvalue weighted by atomic mass is 16.7. The van der Waals surface area contributed by atoms with Gasteiger partial charge in [0.05, 0.1) is 5.69 Å². The number of nitrogens with zero attached hydrogens (tertiary/aromatic N) is 3. The molecule has 0 amide bonds. The zero-order valence-electron chi connectivity index (χ0n) is 16.7. The maximum absolute atomic E-state index is 11.1. The monoisotopic (exact) mass is 367 g/mol. The van der Waals surface area contributed by atoms with E-state index in [-0.39, 0.29) is 12.2 Å². The van der Waals surface area contributed by atoms with E-state index in [9.17, 15) is 10.1 Å². The predicted octanol–water partition coefficient (Wildman–Crippen LogP) is 3.96. The van der Waals surface area contributed by atoms with Gasteiger partial charge in [-0.25, -0.2) is 0 Å². The lowest BCUT2D eigenvalue weighted by atomic mass is 9.86. The molecule has 0 aliphatic heterocycles. The van der Waals surface area contributed by atoms with Crippen molar-refractivity contribution in [2.45, 2.75) is 40.0 Å². The molecule has 0 aliphatic rings. The smallest absolute Gasteiger partial charge is 0.305 e. The van der Waals surface area contributed by atoms with Crippen LogP contribution in [0, 0.1) is 18.3 Å². The lowest BCUT2D eigenvalue weighted by Crippen LogP contribution is -2.11. The number of ether oxygens (including phenoxy) is 2. The van der Waals surface area contributed by atoms with Crippen molar-refractivity contribution >= 4 is 17.3 Å². The maximum atomic E-state index is 11.1. The third kappa shape index (κ3) is 4.98. The zero-order chi connectivity index (χ0) is 20.2. The molecule has 2 rings (SSSR count). The molecule has 6 nitrogen and oxygen atoms in total. The second-order valence-corrected chi connectivity index (χ2v) is 7.34.